The highest BCUT2D eigenvalue weighted by Gasteiger charge is 2.63. The van der Waals surface area contributed by atoms with Crippen LogP contribution in [0.4, 0.5) is 13.2 Å². The predicted octanol–water partition coefficient (Wildman–Crippen LogP) is 2.62. The summed E-state index contributed by atoms with van der Waals surface area (Å²) in [5.41, 5.74) is -2.57. The molecule has 1 aliphatic rings. The van der Waals surface area contributed by atoms with Crippen LogP contribution >= 0.6 is 0 Å². The zero-order valence-corrected chi connectivity index (χ0v) is 15.8. The number of halogens is 3. The van der Waals surface area contributed by atoms with Crippen LogP contribution in [-0.4, -0.2) is 46.1 Å². The Bertz CT molecular complexity index is 735. The van der Waals surface area contributed by atoms with Crippen molar-refractivity contribution in [3.63, 3.8) is 0 Å². The van der Waals surface area contributed by atoms with Crippen molar-refractivity contribution >= 4 is 17.5 Å². The summed E-state index contributed by atoms with van der Waals surface area (Å²) in [4.78, 5) is 24.3. The van der Waals surface area contributed by atoms with Crippen molar-refractivity contribution in [3.8, 4) is 0 Å². The van der Waals surface area contributed by atoms with E-state index in [-0.39, 0.29) is 29.6 Å². The maximum absolute atomic E-state index is 13.4. The van der Waals surface area contributed by atoms with E-state index in [2.05, 4.69) is 10.4 Å². The molecule has 0 aromatic heterocycles. The second-order valence-corrected chi connectivity index (χ2v) is 7.20. The Morgan fingerprint density at radius 3 is 2.46 bits per heavy atom. The van der Waals surface area contributed by atoms with E-state index in [1.165, 1.54) is 0 Å². The number of aliphatic hydroxyl groups is 1. The number of carbonyl (C=O) groups excluding carboxylic acids is 2. The van der Waals surface area contributed by atoms with E-state index in [9.17, 15) is 27.9 Å². The number of nitrogens with one attached hydrogen (secondary N) is 1. The third kappa shape index (κ3) is 5.09. The fraction of sp³-hybridized carbons (Fsp3) is 0.526. The maximum Gasteiger partial charge on any atom is 0.438 e. The number of alkyl halides is 3. The summed E-state index contributed by atoms with van der Waals surface area (Å²) in [7, 11) is 0. The van der Waals surface area contributed by atoms with E-state index in [4.69, 9.17) is 0 Å². The van der Waals surface area contributed by atoms with Gasteiger partial charge in [-0.05, 0) is 30.7 Å². The van der Waals surface area contributed by atoms with E-state index in [1.807, 2.05) is 44.2 Å². The second-order valence-electron chi connectivity index (χ2n) is 7.20. The van der Waals surface area contributed by atoms with Gasteiger partial charge >= 0.3 is 18.0 Å². The van der Waals surface area contributed by atoms with Crippen LogP contribution in [0.1, 0.15) is 38.7 Å². The Morgan fingerprint density at radius 2 is 1.89 bits per heavy atom. The molecular formula is C19H24F3N3O3. The van der Waals surface area contributed by atoms with Crippen LogP contribution in [0.2, 0.25) is 0 Å². The lowest BCUT2D eigenvalue weighted by Crippen LogP contribution is -2.59. The molecule has 0 radical (unpaired) electrons. The van der Waals surface area contributed by atoms with Crippen molar-refractivity contribution in [3.05, 3.63) is 35.9 Å². The normalized spacial score (nSPS) is 19.7. The molecule has 2 N–H and O–H groups in total. The van der Waals surface area contributed by atoms with Crippen molar-refractivity contribution in [2.24, 2.45) is 11.0 Å². The van der Waals surface area contributed by atoms with Crippen LogP contribution < -0.4 is 5.32 Å². The summed E-state index contributed by atoms with van der Waals surface area (Å²) in [5, 5.41) is 15.9. The minimum absolute atomic E-state index is 0.0407. The Kier molecular flexibility index (Phi) is 6.82. The molecule has 1 aromatic carbocycles. The summed E-state index contributed by atoms with van der Waals surface area (Å²) >= 11 is 0. The lowest BCUT2D eigenvalue weighted by molar-refractivity contribution is -0.301. The van der Waals surface area contributed by atoms with Gasteiger partial charge in [0.05, 0.1) is 0 Å². The van der Waals surface area contributed by atoms with Gasteiger partial charge in [0, 0.05) is 18.7 Å². The summed E-state index contributed by atoms with van der Waals surface area (Å²) in [6.45, 7) is 3.86. The number of nitrogens with zero attached hydrogens (tertiary/aromatic N) is 2. The lowest BCUT2D eigenvalue weighted by atomic mass is 9.99. The molecule has 0 aliphatic carbocycles. The van der Waals surface area contributed by atoms with Gasteiger partial charge in [-0.2, -0.15) is 23.3 Å². The van der Waals surface area contributed by atoms with Gasteiger partial charge in [-0.1, -0.05) is 44.2 Å². The lowest BCUT2D eigenvalue weighted by Gasteiger charge is -2.32. The van der Waals surface area contributed by atoms with Gasteiger partial charge in [-0.15, -0.1) is 0 Å². The molecule has 1 aliphatic heterocycles. The van der Waals surface area contributed by atoms with Crippen LogP contribution in [0.3, 0.4) is 0 Å². The highest BCUT2D eigenvalue weighted by atomic mass is 19.4. The van der Waals surface area contributed by atoms with Gasteiger partial charge in [0.2, 0.25) is 0 Å². The quantitative estimate of drug-likeness (QED) is 0.722. The van der Waals surface area contributed by atoms with E-state index in [0.29, 0.717) is 12.8 Å². The topological polar surface area (TPSA) is 82.0 Å². The molecule has 9 heteroatoms. The Balaban J connectivity index is 2.06. The number of hydrazone groups is 1. The van der Waals surface area contributed by atoms with Crippen molar-refractivity contribution in [1.29, 1.82) is 0 Å². The van der Waals surface area contributed by atoms with Crippen molar-refractivity contribution in [2.45, 2.75) is 51.4 Å². The largest absolute Gasteiger partial charge is 0.438 e. The fourth-order valence-corrected chi connectivity index (χ4v) is 2.78. The highest BCUT2D eigenvalue weighted by Crippen LogP contribution is 2.41. The molecule has 6 nitrogen and oxygen atoms in total. The predicted molar refractivity (Wildman–Crippen MR) is 97.1 cm³/mol. The number of hydrogen-bond donors (Lipinski definition) is 2. The van der Waals surface area contributed by atoms with Crippen LogP contribution in [0.5, 0.6) is 0 Å². The fourth-order valence-electron chi connectivity index (χ4n) is 2.78. The number of carbonyl (C=O) groups is 2. The smallest absolute Gasteiger partial charge is 0.362 e. The average Bonchev–Trinajstić information content (AvgIpc) is 2.98. The molecule has 2 rings (SSSR count). The summed E-state index contributed by atoms with van der Waals surface area (Å²) in [6.07, 6.45) is -4.83. The van der Waals surface area contributed by atoms with Crippen molar-refractivity contribution < 1.29 is 27.9 Å². The van der Waals surface area contributed by atoms with Crippen molar-refractivity contribution in [1.82, 2.24) is 10.3 Å². The second kappa shape index (κ2) is 8.72. The number of amides is 2. The molecule has 0 fully saturated rings. The number of rotatable bonds is 6. The standard InChI is InChI=1S/C19H24F3N3O3/c1-13(2)8-9-15-12-18(28,19(20,21)22)25(24-15)17(27)16(26)23-11-10-14-6-4-3-5-7-14/h3-7,13,28H,8-12H2,1-2H3,(H,23,26). The van der Waals surface area contributed by atoms with Crippen LogP contribution in [0.15, 0.2) is 35.4 Å². The molecule has 1 heterocycles. The Labute approximate surface area is 161 Å². The Hall–Kier alpha value is -2.42. The monoisotopic (exact) mass is 399 g/mol. The third-order valence-electron chi connectivity index (χ3n) is 4.44. The summed E-state index contributed by atoms with van der Waals surface area (Å²) in [6, 6.07) is 9.09. The Morgan fingerprint density at radius 1 is 1.25 bits per heavy atom. The SMILES string of the molecule is CC(C)CCC1=NN(C(=O)C(=O)NCCc2ccccc2)C(O)(C(F)(F)F)C1. The van der Waals surface area contributed by atoms with Gasteiger partial charge in [0.1, 0.15) is 0 Å². The molecule has 0 spiro atoms. The van der Waals surface area contributed by atoms with Crippen LogP contribution in [-0.2, 0) is 16.0 Å². The first-order valence-corrected chi connectivity index (χ1v) is 9.06. The molecular weight excluding hydrogens is 375 g/mol. The number of benzene rings is 1. The molecule has 1 atom stereocenters. The van der Waals surface area contributed by atoms with Gasteiger partial charge < -0.3 is 10.4 Å². The maximum atomic E-state index is 13.4. The minimum atomic E-state index is -5.14. The van der Waals surface area contributed by atoms with Crippen LogP contribution in [0.25, 0.3) is 0 Å². The van der Waals surface area contributed by atoms with E-state index in [1.54, 1.807) is 0 Å². The zero-order chi connectivity index (χ0) is 20.9. The van der Waals surface area contributed by atoms with Crippen LogP contribution in [0, 0.1) is 5.92 Å². The molecule has 154 valence electrons. The first kappa shape index (κ1) is 21.9. The molecule has 1 unspecified atom stereocenters. The van der Waals surface area contributed by atoms with E-state index >= 15 is 0 Å². The minimum Gasteiger partial charge on any atom is -0.362 e. The summed E-state index contributed by atoms with van der Waals surface area (Å²) < 4.78 is 40.2. The first-order valence-electron chi connectivity index (χ1n) is 9.06. The molecule has 2 amide bonds. The molecule has 1 aromatic rings. The first-order chi connectivity index (χ1) is 13.0. The summed E-state index contributed by atoms with van der Waals surface area (Å²) in [5.74, 6) is -2.56. The number of hydrogen-bond acceptors (Lipinski definition) is 4. The van der Waals surface area contributed by atoms with Gasteiger partial charge in [-0.25, -0.2) is 0 Å². The van der Waals surface area contributed by atoms with E-state index < -0.39 is 30.1 Å². The van der Waals surface area contributed by atoms with Gasteiger partial charge in [0.25, 0.3) is 5.72 Å². The zero-order valence-electron chi connectivity index (χ0n) is 15.8. The van der Waals surface area contributed by atoms with Gasteiger partial charge in [0.15, 0.2) is 0 Å². The van der Waals surface area contributed by atoms with Gasteiger partial charge in [-0.3, -0.25) is 9.59 Å². The highest BCUT2D eigenvalue weighted by molar-refractivity contribution is 6.35. The average molecular weight is 399 g/mol. The molecule has 0 saturated heterocycles. The van der Waals surface area contributed by atoms with Crippen molar-refractivity contribution in [2.75, 3.05) is 6.54 Å². The molecule has 28 heavy (non-hydrogen) atoms. The molecule has 0 saturated carbocycles. The van der Waals surface area contributed by atoms with E-state index in [0.717, 1.165) is 5.56 Å². The third-order valence-corrected chi connectivity index (χ3v) is 4.44. The molecule has 0 bridgehead atoms.